The minimum absolute atomic E-state index is 0.00628. The number of esters is 2. The molecule has 0 bridgehead atoms. The Morgan fingerprint density at radius 1 is 1.10 bits per heavy atom. The number of ether oxygens (including phenoxy) is 3. The van der Waals surface area contributed by atoms with Crippen LogP contribution in [0.5, 0.6) is 0 Å². The minimum Gasteiger partial charge on any atom is -0.467 e. The lowest BCUT2D eigenvalue weighted by molar-refractivity contribution is -0.145. The molecule has 1 aromatic rings. The average Bonchev–Trinajstić information content (AvgIpc) is 2.75. The number of aliphatic hydroxyl groups excluding tert-OH is 1. The second-order valence-corrected chi connectivity index (χ2v) is 6.11. The van der Waals surface area contributed by atoms with Gasteiger partial charge in [-0.1, -0.05) is 36.4 Å². The van der Waals surface area contributed by atoms with Crippen LogP contribution in [-0.2, 0) is 35.2 Å². The smallest absolute Gasteiger partial charge is 0.407 e. The summed E-state index contributed by atoms with van der Waals surface area (Å²) in [5, 5.41) is 14.7. The van der Waals surface area contributed by atoms with Crippen LogP contribution in [0.25, 0.3) is 0 Å². The summed E-state index contributed by atoms with van der Waals surface area (Å²) in [4.78, 5) is 46.5. The lowest BCUT2D eigenvalue weighted by atomic mass is 10.1. The second kappa shape index (κ2) is 13.7. The van der Waals surface area contributed by atoms with E-state index in [9.17, 15) is 24.3 Å². The van der Waals surface area contributed by atoms with Crippen molar-refractivity contribution in [2.45, 2.75) is 31.6 Å². The zero-order valence-electron chi connectivity index (χ0n) is 16.8. The lowest BCUT2D eigenvalue weighted by Gasteiger charge is -2.17. The van der Waals surface area contributed by atoms with E-state index in [1.807, 2.05) is 18.2 Å². The number of methoxy groups -OCH3 is 2. The summed E-state index contributed by atoms with van der Waals surface area (Å²) in [6.07, 6.45) is 0.161. The maximum atomic E-state index is 12.1. The molecule has 0 spiro atoms. The van der Waals surface area contributed by atoms with Crippen molar-refractivity contribution in [1.82, 2.24) is 10.6 Å². The van der Waals surface area contributed by atoms with Gasteiger partial charge in [0, 0.05) is 12.6 Å². The van der Waals surface area contributed by atoms with Crippen LogP contribution in [0.2, 0.25) is 0 Å². The van der Waals surface area contributed by atoms with Crippen molar-refractivity contribution >= 4 is 23.9 Å². The molecule has 2 amide bonds. The number of carbonyl (C=O) groups is 4. The molecule has 0 aliphatic heterocycles. The summed E-state index contributed by atoms with van der Waals surface area (Å²) in [6.45, 7) is -0.144. The fourth-order valence-electron chi connectivity index (χ4n) is 2.24. The maximum Gasteiger partial charge on any atom is 0.407 e. The molecule has 1 rings (SSSR count). The molecule has 2 atom stereocenters. The molecule has 0 unspecified atom stereocenters. The quantitative estimate of drug-likeness (QED) is 0.265. The Hall–Kier alpha value is -3.40. The second-order valence-electron chi connectivity index (χ2n) is 6.11. The van der Waals surface area contributed by atoms with Crippen molar-refractivity contribution in [3.8, 4) is 0 Å². The maximum absolute atomic E-state index is 12.1. The minimum atomic E-state index is -1.20. The van der Waals surface area contributed by atoms with E-state index in [-0.39, 0.29) is 26.0 Å². The van der Waals surface area contributed by atoms with Crippen molar-refractivity contribution < 1.29 is 38.5 Å². The number of carbonyl (C=O) groups excluding carboxylic acids is 4. The molecular formula is C20H26N2O8. The molecule has 1 aromatic carbocycles. The van der Waals surface area contributed by atoms with Crippen LogP contribution >= 0.6 is 0 Å². The molecule has 0 aromatic heterocycles. The molecule has 0 aliphatic carbocycles. The van der Waals surface area contributed by atoms with Crippen molar-refractivity contribution in [2.75, 3.05) is 20.8 Å². The van der Waals surface area contributed by atoms with E-state index >= 15 is 0 Å². The molecule has 3 N–H and O–H groups in total. The molecule has 30 heavy (non-hydrogen) atoms. The normalized spacial score (nSPS) is 12.5. The highest BCUT2D eigenvalue weighted by Crippen LogP contribution is 2.02. The molecule has 0 aliphatic rings. The van der Waals surface area contributed by atoms with Crippen LogP contribution < -0.4 is 10.6 Å². The van der Waals surface area contributed by atoms with E-state index < -0.39 is 36.1 Å². The zero-order chi connectivity index (χ0) is 22.4. The first kappa shape index (κ1) is 24.6. The van der Waals surface area contributed by atoms with Gasteiger partial charge in [0.1, 0.15) is 12.6 Å². The third kappa shape index (κ3) is 10.2. The third-order valence-corrected chi connectivity index (χ3v) is 3.76. The van der Waals surface area contributed by atoms with Gasteiger partial charge < -0.3 is 30.0 Å². The summed E-state index contributed by atoms with van der Waals surface area (Å²) in [7, 11) is 2.37. The zero-order valence-corrected chi connectivity index (χ0v) is 16.8. The van der Waals surface area contributed by atoms with Crippen LogP contribution in [0, 0.1) is 0 Å². The number of nitrogens with one attached hydrogen (secondary N) is 2. The molecular weight excluding hydrogens is 396 g/mol. The molecule has 0 saturated carbocycles. The van der Waals surface area contributed by atoms with E-state index in [2.05, 4.69) is 20.1 Å². The Balaban J connectivity index is 2.39. The average molecular weight is 422 g/mol. The van der Waals surface area contributed by atoms with Crippen LogP contribution in [-0.4, -0.2) is 62.0 Å². The highest BCUT2D eigenvalue weighted by Gasteiger charge is 2.22. The third-order valence-electron chi connectivity index (χ3n) is 3.76. The molecule has 10 heteroatoms. The SMILES string of the molecule is COC(=O)/C=C/C[C@H](NC(=O)C[C@H](O)CNC(=O)OCc1ccccc1)C(=O)OC. The monoisotopic (exact) mass is 422 g/mol. The van der Waals surface area contributed by atoms with Gasteiger partial charge in [-0.2, -0.15) is 0 Å². The Kier molecular flexibility index (Phi) is 11.3. The number of alkyl carbamates (subject to hydrolysis) is 1. The summed E-state index contributed by atoms with van der Waals surface area (Å²) >= 11 is 0. The molecule has 0 radical (unpaired) electrons. The van der Waals surface area contributed by atoms with Gasteiger partial charge in [0.15, 0.2) is 0 Å². The molecule has 0 heterocycles. The van der Waals surface area contributed by atoms with Gasteiger partial charge in [-0.25, -0.2) is 14.4 Å². The molecule has 0 saturated heterocycles. The van der Waals surface area contributed by atoms with Gasteiger partial charge >= 0.3 is 18.0 Å². The van der Waals surface area contributed by atoms with Crippen molar-refractivity contribution in [3.63, 3.8) is 0 Å². The van der Waals surface area contributed by atoms with E-state index in [4.69, 9.17) is 4.74 Å². The Morgan fingerprint density at radius 2 is 1.80 bits per heavy atom. The summed E-state index contributed by atoms with van der Waals surface area (Å²) in [5.41, 5.74) is 0.808. The Morgan fingerprint density at radius 3 is 2.43 bits per heavy atom. The van der Waals surface area contributed by atoms with E-state index in [1.54, 1.807) is 12.1 Å². The van der Waals surface area contributed by atoms with Crippen LogP contribution in [0.1, 0.15) is 18.4 Å². The van der Waals surface area contributed by atoms with Gasteiger partial charge in [0.2, 0.25) is 5.91 Å². The van der Waals surface area contributed by atoms with E-state index in [0.29, 0.717) is 0 Å². The number of amides is 2. The Bertz CT molecular complexity index is 736. The fraction of sp³-hybridized carbons (Fsp3) is 0.400. The lowest BCUT2D eigenvalue weighted by Crippen LogP contribution is -2.43. The first-order chi connectivity index (χ1) is 14.3. The van der Waals surface area contributed by atoms with Gasteiger partial charge in [-0.15, -0.1) is 0 Å². The highest BCUT2D eigenvalue weighted by atomic mass is 16.5. The number of rotatable bonds is 11. The fourth-order valence-corrected chi connectivity index (χ4v) is 2.24. The standard InChI is InChI=1S/C20H26N2O8/c1-28-18(25)10-6-9-16(19(26)29-2)22-17(24)11-15(23)12-21-20(27)30-13-14-7-4-3-5-8-14/h3-8,10,15-16,23H,9,11-13H2,1-2H3,(H,21,27)(H,22,24)/b10-6+/t15-,16-/m0/s1. The van der Waals surface area contributed by atoms with E-state index in [0.717, 1.165) is 18.7 Å². The van der Waals surface area contributed by atoms with Crippen LogP contribution in [0.4, 0.5) is 4.79 Å². The number of hydrogen-bond donors (Lipinski definition) is 3. The van der Waals surface area contributed by atoms with Gasteiger partial charge in [-0.3, -0.25) is 4.79 Å². The largest absolute Gasteiger partial charge is 0.467 e. The summed E-state index contributed by atoms with van der Waals surface area (Å²) in [6, 6.07) is 8.01. The Labute approximate surface area is 174 Å². The summed E-state index contributed by atoms with van der Waals surface area (Å²) in [5.74, 6) is -1.95. The first-order valence-electron chi connectivity index (χ1n) is 9.10. The van der Waals surface area contributed by atoms with Crippen molar-refractivity contribution in [1.29, 1.82) is 0 Å². The van der Waals surface area contributed by atoms with Crippen molar-refractivity contribution in [2.24, 2.45) is 0 Å². The highest BCUT2D eigenvalue weighted by molar-refractivity contribution is 5.85. The number of aliphatic hydroxyl groups is 1. The van der Waals surface area contributed by atoms with Crippen molar-refractivity contribution in [3.05, 3.63) is 48.0 Å². The predicted molar refractivity (Wildman–Crippen MR) is 105 cm³/mol. The molecule has 0 fully saturated rings. The number of hydrogen-bond acceptors (Lipinski definition) is 8. The van der Waals surface area contributed by atoms with Crippen LogP contribution in [0.3, 0.4) is 0 Å². The van der Waals surface area contributed by atoms with Gasteiger partial charge in [-0.05, 0) is 12.0 Å². The summed E-state index contributed by atoms with van der Waals surface area (Å²) < 4.78 is 14.0. The molecule has 164 valence electrons. The van der Waals surface area contributed by atoms with Gasteiger partial charge in [0.05, 0.1) is 26.7 Å². The first-order valence-corrected chi connectivity index (χ1v) is 9.10. The topological polar surface area (TPSA) is 140 Å². The molecule has 10 nitrogen and oxygen atoms in total. The number of benzene rings is 1. The van der Waals surface area contributed by atoms with Gasteiger partial charge in [0.25, 0.3) is 0 Å². The predicted octanol–water partition coefficient (Wildman–Crippen LogP) is 0.441. The van der Waals surface area contributed by atoms with E-state index in [1.165, 1.54) is 13.2 Å². The van der Waals surface area contributed by atoms with Crippen LogP contribution in [0.15, 0.2) is 42.5 Å².